The minimum Gasteiger partial charge on any atom is -0.368 e. The Morgan fingerprint density at radius 2 is 1.80 bits per heavy atom. The molecule has 3 rings (SSSR count). The molecule has 0 aromatic carbocycles. The van der Waals surface area contributed by atoms with Gasteiger partial charge in [0.15, 0.2) is 0 Å². The van der Waals surface area contributed by atoms with E-state index in [2.05, 4.69) is 35.5 Å². The maximum Gasteiger partial charge on any atom is 0.225 e. The molecule has 20 heavy (non-hydrogen) atoms. The van der Waals surface area contributed by atoms with Crippen molar-refractivity contribution in [2.24, 2.45) is 0 Å². The topological polar surface area (TPSA) is 49.8 Å². The highest BCUT2D eigenvalue weighted by molar-refractivity contribution is 5.44. The summed E-state index contributed by atoms with van der Waals surface area (Å²) in [7, 11) is 0. The molecule has 110 valence electrons. The van der Waals surface area contributed by atoms with Crippen LogP contribution >= 0.6 is 0 Å². The Balaban J connectivity index is 1.75. The summed E-state index contributed by atoms with van der Waals surface area (Å²) in [6, 6.07) is 3.09. The Bertz CT molecular complexity index is 448. The van der Waals surface area contributed by atoms with Crippen LogP contribution in [0.25, 0.3) is 0 Å². The van der Waals surface area contributed by atoms with Gasteiger partial charge >= 0.3 is 0 Å². The maximum absolute atomic E-state index is 4.73. The maximum atomic E-state index is 4.73. The predicted molar refractivity (Wildman–Crippen MR) is 83.3 cm³/mol. The van der Waals surface area contributed by atoms with E-state index in [1.54, 1.807) is 0 Å². The van der Waals surface area contributed by atoms with E-state index in [0.717, 1.165) is 11.8 Å². The summed E-state index contributed by atoms with van der Waals surface area (Å²) in [6.45, 7) is 4.29. The van der Waals surface area contributed by atoms with Gasteiger partial charge in [-0.2, -0.15) is 4.98 Å². The third-order valence-electron chi connectivity index (χ3n) is 4.12. The Labute approximate surface area is 121 Å². The molecule has 0 bridgehead atoms. The highest BCUT2D eigenvalue weighted by atomic mass is 15.2. The lowest BCUT2D eigenvalue weighted by Crippen LogP contribution is -2.24. The van der Waals surface area contributed by atoms with Crippen LogP contribution in [0.1, 0.15) is 70.4 Å². The highest BCUT2D eigenvalue weighted by Crippen LogP contribution is 2.40. The summed E-state index contributed by atoms with van der Waals surface area (Å²) in [6.07, 6.45) is 9.10. The van der Waals surface area contributed by atoms with E-state index in [-0.39, 0.29) is 0 Å². The summed E-state index contributed by atoms with van der Waals surface area (Å²) >= 11 is 0. The summed E-state index contributed by atoms with van der Waals surface area (Å²) in [5, 5.41) is 6.97. The molecule has 2 fully saturated rings. The number of hydrogen-bond donors (Lipinski definition) is 2. The van der Waals surface area contributed by atoms with Gasteiger partial charge in [0.25, 0.3) is 0 Å². The summed E-state index contributed by atoms with van der Waals surface area (Å²) < 4.78 is 0. The first-order valence-electron chi connectivity index (χ1n) is 8.13. The van der Waals surface area contributed by atoms with Crippen molar-refractivity contribution in [3.05, 3.63) is 11.8 Å². The van der Waals surface area contributed by atoms with Crippen molar-refractivity contribution in [3.63, 3.8) is 0 Å². The van der Waals surface area contributed by atoms with Crippen molar-refractivity contribution in [1.29, 1.82) is 0 Å². The third kappa shape index (κ3) is 3.62. The molecule has 0 aliphatic heterocycles. The largest absolute Gasteiger partial charge is 0.368 e. The van der Waals surface area contributed by atoms with Crippen LogP contribution in [0.2, 0.25) is 0 Å². The third-order valence-corrected chi connectivity index (χ3v) is 4.12. The molecular weight excluding hydrogens is 248 g/mol. The normalized spacial score (nSPS) is 20.1. The number of nitrogens with zero attached hydrogens (tertiary/aromatic N) is 2. The number of rotatable bonds is 5. The Kier molecular flexibility index (Phi) is 4.08. The Morgan fingerprint density at radius 1 is 1.05 bits per heavy atom. The van der Waals surface area contributed by atoms with Gasteiger partial charge in [0.05, 0.1) is 5.69 Å². The van der Waals surface area contributed by atoms with Gasteiger partial charge in [-0.15, -0.1) is 0 Å². The summed E-state index contributed by atoms with van der Waals surface area (Å²) in [4.78, 5) is 9.38. The second kappa shape index (κ2) is 5.98. The first-order chi connectivity index (χ1) is 9.70. The number of anilines is 2. The van der Waals surface area contributed by atoms with Gasteiger partial charge in [0, 0.05) is 24.1 Å². The second-order valence-electron chi connectivity index (χ2n) is 6.55. The van der Waals surface area contributed by atoms with Crippen molar-refractivity contribution in [3.8, 4) is 0 Å². The zero-order valence-electron chi connectivity index (χ0n) is 12.7. The molecule has 0 atom stereocenters. The molecule has 2 aliphatic carbocycles. The first-order valence-corrected chi connectivity index (χ1v) is 8.13. The lowest BCUT2D eigenvalue weighted by Gasteiger charge is -2.23. The monoisotopic (exact) mass is 274 g/mol. The van der Waals surface area contributed by atoms with Crippen LogP contribution in [0.15, 0.2) is 6.07 Å². The molecule has 0 spiro atoms. The molecule has 4 nitrogen and oxygen atoms in total. The molecule has 2 N–H and O–H groups in total. The number of nitrogens with one attached hydrogen (secondary N) is 2. The fourth-order valence-corrected chi connectivity index (χ4v) is 2.92. The van der Waals surface area contributed by atoms with E-state index in [1.165, 1.54) is 50.6 Å². The van der Waals surface area contributed by atoms with Crippen LogP contribution in [-0.2, 0) is 0 Å². The van der Waals surface area contributed by atoms with Crippen molar-refractivity contribution in [1.82, 2.24) is 9.97 Å². The molecule has 0 radical (unpaired) electrons. The minimum absolute atomic E-state index is 0.402. The van der Waals surface area contributed by atoms with Crippen molar-refractivity contribution in [2.45, 2.75) is 76.8 Å². The molecule has 2 aliphatic rings. The lowest BCUT2D eigenvalue weighted by molar-refractivity contribution is 0.460. The molecule has 0 unspecified atom stereocenters. The average Bonchev–Trinajstić information content (AvgIpc) is 3.23. The molecule has 1 aromatic heterocycles. The smallest absolute Gasteiger partial charge is 0.225 e. The zero-order valence-corrected chi connectivity index (χ0v) is 12.7. The van der Waals surface area contributed by atoms with E-state index in [4.69, 9.17) is 4.98 Å². The van der Waals surface area contributed by atoms with Crippen molar-refractivity contribution < 1.29 is 0 Å². The predicted octanol–water partition coefficient (Wildman–Crippen LogP) is 3.92. The first kappa shape index (κ1) is 13.7. The van der Waals surface area contributed by atoms with Crippen LogP contribution in [-0.4, -0.2) is 22.1 Å². The minimum atomic E-state index is 0.402. The molecule has 0 amide bonds. The van der Waals surface area contributed by atoms with Crippen LogP contribution in [0.3, 0.4) is 0 Å². The number of hydrogen-bond acceptors (Lipinski definition) is 4. The second-order valence-corrected chi connectivity index (χ2v) is 6.55. The Morgan fingerprint density at radius 3 is 2.45 bits per heavy atom. The molecule has 0 saturated heterocycles. The summed E-state index contributed by atoms with van der Waals surface area (Å²) in [5.41, 5.74) is 1.21. The van der Waals surface area contributed by atoms with Gasteiger partial charge in [-0.05, 0) is 39.5 Å². The Hall–Kier alpha value is -1.32. The quantitative estimate of drug-likeness (QED) is 0.854. The highest BCUT2D eigenvalue weighted by Gasteiger charge is 2.26. The van der Waals surface area contributed by atoms with E-state index in [1.807, 2.05) is 0 Å². The van der Waals surface area contributed by atoms with Gasteiger partial charge in [0.1, 0.15) is 5.82 Å². The van der Waals surface area contributed by atoms with Gasteiger partial charge in [-0.25, -0.2) is 4.98 Å². The van der Waals surface area contributed by atoms with Crippen LogP contribution in [0.4, 0.5) is 11.8 Å². The number of aromatic nitrogens is 2. The average molecular weight is 274 g/mol. The SMILES string of the molecule is CC(C)Nc1cc(C2CC2)nc(NC2CCCCC2)n1. The summed E-state index contributed by atoms with van der Waals surface area (Å²) in [5.74, 6) is 2.46. The molecule has 2 saturated carbocycles. The van der Waals surface area contributed by atoms with E-state index >= 15 is 0 Å². The van der Waals surface area contributed by atoms with Gasteiger partial charge < -0.3 is 10.6 Å². The van der Waals surface area contributed by atoms with Gasteiger partial charge in [-0.3, -0.25) is 0 Å². The van der Waals surface area contributed by atoms with E-state index in [9.17, 15) is 0 Å². The fourth-order valence-electron chi connectivity index (χ4n) is 2.92. The van der Waals surface area contributed by atoms with Crippen LogP contribution < -0.4 is 10.6 Å². The van der Waals surface area contributed by atoms with Gasteiger partial charge in [-0.1, -0.05) is 19.3 Å². The van der Waals surface area contributed by atoms with Crippen LogP contribution in [0, 0.1) is 0 Å². The lowest BCUT2D eigenvalue weighted by atomic mass is 9.96. The fraction of sp³-hybridized carbons (Fsp3) is 0.750. The van der Waals surface area contributed by atoms with E-state index in [0.29, 0.717) is 18.0 Å². The molecule has 1 heterocycles. The standard InChI is InChI=1S/C16H26N4/c1-11(2)17-15-10-14(12-8-9-12)19-16(20-15)18-13-6-4-3-5-7-13/h10-13H,3-9H2,1-2H3,(H2,17,18,19,20). The van der Waals surface area contributed by atoms with Crippen molar-refractivity contribution >= 4 is 11.8 Å². The van der Waals surface area contributed by atoms with Crippen LogP contribution in [0.5, 0.6) is 0 Å². The molecule has 4 heteroatoms. The molecular formula is C16H26N4. The van der Waals surface area contributed by atoms with E-state index < -0.39 is 0 Å². The van der Waals surface area contributed by atoms with Gasteiger partial charge in [0.2, 0.25) is 5.95 Å². The molecule has 1 aromatic rings. The van der Waals surface area contributed by atoms with Crippen molar-refractivity contribution in [2.75, 3.05) is 10.6 Å². The zero-order chi connectivity index (χ0) is 13.9.